The van der Waals surface area contributed by atoms with Gasteiger partial charge in [-0.3, -0.25) is 10.1 Å². The highest BCUT2D eigenvalue weighted by Crippen LogP contribution is 2.20. The van der Waals surface area contributed by atoms with Crippen molar-refractivity contribution in [3.63, 3.8) is 0 Å². The molecule has 0 saturated heterocycles. The summed E-state index contributed by atoms with van der Waals surface area (Å²) in [6.07, 6.45) is 1.41. The number of unbranched alkanes of at least 4 members (excludes halogenated alkanes) is 1. The van der Waals surface area contributed by atoms with Gasteiger partial charge in [0.2, 0.25) is 0 Å². The second kappa shape index (κ2) is 10.3. The number of nitrogens with one attached hydrogen (secondary N) is 3. The highest BCUT2D eigenvalue weighted by Gasteiger charge is 2.25. The molecule has 3 N–H and O–H groups in total. The van der Waals surface area contributed by atoms with Crippen molar-refractivity contribution in [3.05, 3.63) is 22.5 Å². The molecule has 27 heavy (non-hydrogen) atoms. The minimum absolute atomic E-state index is 0.0587. The molecule has 0 bridgehead atoms. The van der Waals surface area contributed by atoms with Crippen LogP contribution in [0.1, 0.15) is 65.7 Å². The maximum absolute atomic E-state index is 12.2. The van der Waals surface area contributed by atoms with Gasteiger partial charge in [-0.25, -0.2) is 14.4 Å². The molecule has 0 aliphatic carbocycles. The van der Waals surface area contributed by atoms with Crippen LogP contribution in [-0.2, 0) is 14.3 Å². The molecule has 1 rings (SSSR count). The average molecular weight is 381 g/mol. The zero-order valence-corrected chi connectivity index (χ0v) is 16.4. The van der Waals surface area contributed by atoms with Crippen LogP contribution in [0.4, 0.5) is 4.79 Å². The molecule has 0 atom stereocenters. The van der Waals surface area contributed by atoms with Crippen LogP contribution >= 0.6 is 0 Å². The first-order valence-electron chi connectivity index (χ1n) is 8.82. The standard InChI is InChI=1S/C18H27N3O6/c1-6-7-8-19-18(25)21-13(22)9-26-17(24)15-11(4)14(12(5)20-15)16(23)27-10(2)3/h10,20H,6-9H2,1-5H3,(H2,19,21,22,25). The highest BCUT2D eigenvalue weighted by atomic mass is 16.5. The van der Waals surface area contributed by atoms with Crippen LogP contribution < -0.4 is 10.6 Å². The number of aromatic amines is 1. The second-order valence-electron chi connectivity index (χ2n) is 6.31. The third-order valence-electron chi connectivity index (χ3n) is 3.59. The van der Waals surface area contributed by atoms with Crippen LogP contribution in [0.5, 0.6) is 0 Å². The number of hydrogen-bond acceptors (Lipinski definition) is 6. The highest BCUT2D eigenvalue weighted by molar-refractivity contribution is 6.00. The summed E-state index contributed by atoms with van der Waals surface area (Å²) < 4.78 is 10.1. The van der Waals surface area contributed by atoms with E-state index in [1.54, 1.807) is 27.7 Å². The number of amides is 3. The molecule has 150 valence electrons. The number of urea groups is 1. The predicted octanol–water partition coefficient (Wildman–Crippen LogP) is 1.98. The van der Waals surface area contributed by atoms with Gasteiger partial charge in [-0.05, 0) is 39.7 Å². The minimum atomic E-state index is -0.805. The number of carbonyl (C=O) groups excluding carboxylic acids is 4. The minimum Gasteiger partial charge on any atom is -0.459 e. The third kappa shape index (κ3) is 6.76. The van der Waals surface area contributed by atoms with Gasteiger partial charge in [-0.15, -0.1) is 0 Å². The largest absolute Gasteiger partial charge is 0.459 e. The fourth-order valence-corrected chi connectivity index (χ4v) is 2.32. The maximum Gasteiger partial charge on any atom is 0.355 e. The predicted molar refractivity (Wildman–Crippen MR) is 97.6 cm³/mol. The SMILES string of the molecule is CCCCNC(=O)NC(=O)COC(=O)c1[nH]c(C)c(C(=O)OC(C)C)c1C. The van der Waals surface area contributed by atoms with Gasteiger partial charge in [0.1, 0.15) is 5.69 Å². The van der Waals surface area contributed by atoms with Crippen molar-refractivity contribution in [1.82, 2.24) is 15.6 Å². The second-order valence-corrected chi connectivity index (χ2v) is 6.31. The summed E-state index contributed by atoms with van der Waals surface area (Å²) >= 11 is 0. The van der Waals surface area contributed by atoms with Crippen molar-refractivity contribution in [2.75, 3.05) is 13.2 Å². The van der Waals surface area contributed by atoms with Crippen molar-refractivity contribution >= 4 is 23.9 Å². The molecular weight excluding hydrogens is 354 g/mol. The lowest BCUT2D eigenvalue weighted by Crippen LogP contribution is -2.41. The van der Waals surface area contributed by atoms with Crippen LogP contribution in [0.15, 0.2) is 0 Å². The summed E-state index contributed by atoms with van der Waals surface area (Å²) in [5.41, 5.74) is 1.16. The van der Waals surface area contributed by atoms with Gasteiger partial charge in [0.25, 0.3) is 5.91 Å². The van der Waals surface area contributed by atoms with Gasteiger partial charge in [0, 0.05) is 12.2 Å². The molecule has 0 aromatic carbocycles. The zero-order chi connectivity index (χ0) is 20.6. The average Bonchev–Trinajstić information content (AvgIpc) is 2.87. The molecule has 0 aliphatic rings. The van der Waals surface area contributed by atoms with Crippen LogP contribution in [0.25, 0.3) is 0 Å². The first kappa shape index (κ1) is 22.2. The number of rotatable bonds is 8. The first-order chi connectivity index (χ1) is 12.7. The number of aryl methyl sites for hydroxylation is 1. The van der Waals surface area contributed by atoms with Crippen LogP contribution in [0.3, 0.4) is 0 Å². The number of carbonyl (C=O) groups is 4. The molecule has 0 fully saturated rings. The Balaban J connectivity index is 2.64. The van der Waals surface area contributed by atoms with Crippen molar-refractivity contribution in [2.24, 2.45) is 0 Å². The molecule has 0 unspecified atom stereocenters. The van der Waals surface area contributed by atoms with Crippen molar-refractivity contribution in [3.8, 4) is 0 Å². The Morgan fingerprint density at radius 3 is 2.37 bits per heavy atom. The lowest BCUT2D eigenvalue weighted by atomic mass is 10.1. The molecule has 0 saturated carbocycles. The maximum atomic E-state index is 12.2. The third-order valence-corrected chi connectivity index (χ3v) is 3.59. The normalized spacial score (nSPS) is 10.4. The fourth-order valence-electron chi connectivity index (χ4n) is 2.32. The van der Waals surface area contributed by atoms with E-state index in [0.29, 0.717) is 17.8 Å². The van der Waals surface area contributed by atoms with Gasteiger partial charge in [-0.2, -0.15) is 0 Å². The lowest BCUT2D eigenvalue weighted by Gasteiger charge is -2.08. The van der Waals surface area contributed by atoms with E-state index in [2.05, 4.69) is 15.6 Å². The summed E-state index contributed by atoms with van der Waals surface area (Å²) in [6, 6.07) is -0.643. The Labute approximate surface area is 158 Å². The summed E-state index contributed by atoms with van der Waals surface area (Å²) in [5.74, 6) is -2.10. The molecule has 1 aromatic heterocycles. The Bertz CT molecular complexity index is 708. The summed E-state index contributed by atoms with van der Waals surface area (Å²) in [5, 5.41) is 4.58. The van der Waals surface area contributed by atoms with E-state index in [1.165, 1.54) is 0 Å². The summed E-state index contributed by atoms with van der Waals surface area (Å²) in [6.45, 7) is 8.46. The van der Waals surface area contributed by atoms with Gasteiger partial charge < -0.3 is 19.8 Å². The van der Waals surface area contributed by atoms with Gasteiger partial charge >= 0.3 is 18.0 Å². The van der Waals surface area contributed by atoms with E-state index >= 15 is 0 Å². The molecular formula is C18H27N3O6. The monoisotopic (exact) mass is 381 g/mol. The number of hydrogen-bond donors (Lipinski definition) is 3. The summed E-state index contributed by atoms with van der Waals surface area (Å²) in [7, 11) is 0. The Kier molecular flexibility index (Phi) is 8.50. The summed E-state index contributed by atoms with van der Waals surface area (Å²) in [4.78, 5) is 50.2. The lowest BCUT2D eigenvalue weighted by molar-refractivity contribution is -0.123. The topological polar surface area (TPSA) is 127 Å². The van der Waals surface area contributed by atoms with Crippen LogP contribution in [0, 0.1) is 13.8 Å². The van der Waals surface area contributed by atoms with Crippen LogP contribution in [-0.4, -0.2) is 48.1 Å². The van der Waals surface area contributed by atoms with Gasteiger partial charge in [0.15, 0.2) is 6.61 Å². The van der Waals surface area contributed by atoms with E-state index in [1.807, 2.05) is 6.92 Å². The van der Waals surface area contributed by atoms with E-state index in [0.717, 1.165) is 12.8 Å². The number of H-pyrrole nitrogens is 1. The van der Waals surface area contributed by atoms with E-state index in [4.69, 9.17) is 9.47 Å². The van der Waals surface area contributed by atoms with E-state index in [9.17, 15) is 19.2 Å². The van der Waals surface area contributed by atoms with Gasteiger partial charge in [-0.1, -0.05) is 13.3 Å². The molecule has 9 heteroatoms. The van der Waals surface area contributed by atoms with E-state index < -0.39 is 30.5 Å². The molecule has 3 amide bonds. The molecule has 0 radical (unpaired) electrons. The van der Waals surface area contributed by atoms with Crippen molar-refractivity contribution in [1.29, 1.82) is 0 Å². The van der Waals surface area contributed by atoms with Crippen LogP contribution in [0.2, 0.25) is 0 Å². The van der Waals surface area contributed by atoms with Crippen molar-refractivity contribution < 1.29 is 28.7 Å². The fraction of sp³-hybridized carbons (Fsp3) is 0.556. The number of ether oxygens (including phenoxy) is 2. The number of esters is 2. The van der Waals surface area contributed by atoms with E-state index in [-0.39, 0.29) is 17.4 Å². The van der Waals surface area contributed by atoms with Gasteiger partial charge in [0.05, 0.1) is 11.7 Å². The molecule has 1 aromatic rings. The zero-order valence-electron chi connectivity index (χ0n) is 16.4. The Morgan fingerprint density at radius 2 is 1.78 bits per heavy atom. The number of aromatic nitrogens is 1. The molecule has 0 aliphatic heterocycles. The Morgan fingerprint density at radius 1 is 1.11 bits per heavy atom. The molecule has 9 nitrogen and oxygen atoms in total. The van der Waals surface area contributed by atoms with Crippen molar-refractivity contribution in [2.45, 2.75) is 53.6 Å². The smallest absolute Gasteiger partial charge is 0.355 e. The number of imide groups is 1. The first-order valence-corrected chi connectivity index (χ1v) is 8.82. The Hall–Kier alpha value is -2.84. The molecule has 0 spiro atoms. The quantitative estimate of drug-likeness (QED) is 0.467. The molecule has 1 heterocycles.